The summed E-state index contributed by atoms with van der Waals surface area (Å²) in [7, 11) is 0. The SMILES string of the molecule is Cl.NNc1ccccc1N. The van der Waals surface area contributed by atoms with Crippen LogP contribution in [0.2, 0.25) is 0 Å². The molecular formula is C6H10ClN3. The van der Waals surface area contributed by atoms with Gasteiger partial charge in [0.25, 0.3) is 0 Å². The summed E-state index contributed by atoms with van der Waals surface area (Å²) in [5.41, 5.74) is 9.39. The standard InChI is InChI=1S/C6H9N3.ClH/c7-5-3-1-2-4-6(5)9-8;/h1-4,9H,7-8H2;1H. The van der Waals surface area contributed by atoms with Gasteiger partial charge in [0, 0.05) is 0 Å². The molecule has 0 amide bonds. The molecule has 0 aliphatic heterocycles. The molecule has 0 aliphatic carbocycles. The molecule has 0 aromatic heterocycles. The van der Waals surface area contributed by atoms with Crippen molar-refractivity contribution in [2.24, 2.45) is 5.84 Å². The zero-order valence-corrected chi connectivity index (χ0v) is 6.19. The lowest BCUT2D eigenvalue weighted by Gasteiger charge is -2.00. The van der Waals surface area contributed by atoms with Crippen LogP contribution in [0.3, 0.4) is 0 Å². The van der Waals surface area contributed by atoms with Crippen molar-refractivity contribution < 1.29 is 0 Å². The average molecular weight is 160 g/mol. The number of rotatable bonds is 1. The van der Waals surface area contributed by atoms with E-state index >= 15 is 0 Å². The van der Waals surface area contributed by atoms with Crippen molar-refractivity contribution in [2.75, 3.05) is 11.2 Å². The van der Waals surface area contributed by atoms with E-state index in [9.17, 15) is 0 Å². The number of hydrogen-bond donors (Lipinski definition) is 3. The first kappa shape index (κ1) is 9.07. The molecule has 0 unspecified atom stereocenters. The van der Waals surface area contributed by atoms with Crippen LogP contribution < -0.4 is 17.0 Å². The number of hydrazine groups is 1. The van der Waals surface area contributed by atoms with Crippen LogP contribution in [0.1, 0.15) is 0 Å². The second-order valence-electron chi connectivity index (χ2n) is 1.73. The Morgan fingerprint density at radius 3 is 2.20 bits per heavy atom. The maximum Gasteiger partial charge on any atom is 0.0715 e. The van der Waals surface area contributed by atoms with Gasteiger partial charge in [0.15, 0.2) is 0 Å². The molecule has 1 aromatic rings. The maximum atomic E-state index is 5.49. The molecule has 0 saturated heterocycles. The fourth-order valence-corrected chi connectivity index (χ4v) is 0.628. The van der Waals surface area contributed by atoms with Gasteiger partial charge in [-0.05, 0) is 12.1 Å². The largest absolute Gasteiger partial charge is 0.397 e. The van der Waals surface area contributed by atoms with E-state index in [0.717, 1.165) is 5.69 Å². The zero-order chi connectivity index (χ0) is 6.69. The van der Waals surface area contributed by atoms with Crippen LogP contribution >= 0.6 is 12.4 Å². The molecule has 4 heteroatoms. The van der Waals surface area contributed by atoms with E-state index in [1.807, 2.05) is 18.2 Å². The molecule has 5 N–H and O–H groups in total. The van der Waals surface area contributed by atoms with Gasteiger partial charge in [0.2, 0.25) is 0 Å². The summed E-state index contributed by atoms with van der Waals surface area (Å²) < 4.78 is 0. The minimum Gasteiger partial charge on any atom is -0.397 e. The smallest absolute Gasteiger partial charge is 0.0715 e. The van der Waals surface area contributed by atoms with E-state index in [0.29, 0.717) is 5.69 Å². The van der Waals surface area contributed by atoms with Gasteiger partial charge >= 0.3 is 0 Å². The van der Waals surface area contributed by atoms with E-state index in [4.69, 9.17) is 11.6 Å². The van der Waals surface area contributed by atoms with E-state index < -0.39 is 0 Å². The molecule has 56 valence electrons. The first-order valence-corrected chi connectivity index (χ1v) is 2.65. The first-order valence-electron chi connectivity index (χ1n) is 2.65. The molecule has 0 radical (unpaired) electrons. The summed E-state index contributed by atoms with van der Waals surface area (Å²) in [6.07, 6.45) is 0. The van der Waals surface area contributed by atoms with Gasteiger partial charge in [-0.2, -0.15) is 0 Å². The highest BCUT2D eigenvalue weighted by atomic mass is 35.5. The Morgan fingerprint density at radius 2 is 1.80 bits per heavy atom. The summed E-state index contributed by atoms with van der Waals surface area (Å²) in [6.45, 7) is 0. The quantitative estimate of drug-likeness (QED) is 0.325. The van der Waals surface area contributed by atoms with Crippen molar-refractivity contribution >= 4 is 23.8 Å². The minimum atomic E-state index is 0. The third-order valence-corrected chi connectivity index (χ3v) is 1.12. The summed E-state index contributed by atoms with van der Waals surface area (Å²) in [4.78, 5) is 0. The lowest BCUT2D eigenvalue weighted by Crippen LogP contribution is -2.08. The molecule has 0 spiro atoms. The van der Waals surface area contributed by atoms with Crippen molar-refractivity contribution in [1.82, 2.24) is 0 Å². The number of benzene rings is 1. The average Bonchev–Trinajstić information content (AvgIpc) is 1.89. The van der Waals surface area contributed by atoms with Gasteiger partial charge in [0.05, 0.1) is 11.4 Å². The Balaban J connectivity index is 0.000000810. The molecule has 0 saturated carbocycles. The van der Waals surface area contributed by atoms with Gasteiger partial charge < -0.3 is 11.2 Å². The predicted molar refractivity (Wildman–Crippen MR) is 45.9 cm³/mol. The normalized spacial score (nSPS) is 8.10. The van der Waals surface area contributed by atoms with Gasteiger partial charge in [-0.25, -0.2) is 0 Å². The van der Waals surface area contributed by atoms with Crippen molar-refractivity contribution in [1.29, 1.82) is 0 Å². The van der Waals surface area contributed by atoms with Crippen LogP contribution in [0.5, 0.6) is 0 Å². The van der Waals surface area contributed by atoms with Crippen LogP contribution in [0.4, 0.5) is 11.4 Å². The van der Waals surface area contributed by atoms with Crippen molar-refractivity contribution in [3.05, 3.63) is 24.3 Å². The second kappa shape index (κ2) is 3.98. The Bertz CT molecular complexity index is 202. The highest BCUT2D eigenvalue weighted by Crippen LogP contribution is 2.13. The molecule has 0 bridgehead atoms. The minimum absolute atomic E-state index is 0. The summed E-state index contributed by atoms with van der Waals surface area (Å²) in [5.74, 6) is 5.12. The van der Waals surface area contributed by atoms with Crippen LogP contribution in [0, 0.1) is 0 Å². The van der Waals surface area contributed by atoms with E-state index in [2.05, 4.69) is 5.43 Å². The molecule has 1 rings (SSSR count). The number of nitrogen functional groups attached to an aromatic ring is 2. The topological polar surface area (TPSA) is 64.1 Å². The van der Waals surface area contributed by atoms with Crippen LogP contribution in [0.15, 0.2) is 24.3 Å². The summed E-state index contributed by atoms with van der Waals surface area (Å²) >= 11 is 0. The van der Waals surface area contributed by atoms with Crippen LogP contribution in [-0.4, -0.2) is 0 Å². The Labute approximate surface area is 65.8 Å². The molecule has 0 aliphatic rings. The van der Waals surface area contributed by atoms with Crippen molar-refractivity contribution in [3.8, 4) is 0 Å². The first-order chi connectivity index (χ1) is 4.34. The van der Waals surface area contributed by atoms with E-state index in [-0.39, 0.29) is 12.4 Å². The zero-order valence-electron chi connectivity index (χ0n) is 5.37. The number of anilines is 2. The highest BCUT2D eigenvalue weighted by molar-refractivity contribution is 5.85. The Hall–Kier alpha value is -0.930. The molecular weight excluding hydrogens is 150 g/mol. The number of hydrogen-bond acceptors (Lipinski definition) is 3. The second-order valence-corrected chi connectivity index (χ2v) is 1.73. The number of nitrogens with two attached hydrogens (primary N) is 2. The van der Waals surface area contributed by atoms with Crippen molar-refractivity contribution in [2.45, 2.75) is 0 Å². The Morgan fingerprint density at radius 1 is 1.20 bits per heavy atom. The fraction of sp³-hybridized carbons (Fsp3) is 0. The third kappa shape index (κ3) is 1.79. The monoisotopic (exact) mass is 159 g/mol. The van der Waals surface area contributed by atoms with Gasteiger partial charge in [0.1, 0.15) is 0 Å². The van der Waals surface area contributed by atoms with Gasteiger partial charge in [-0.1, -0.05) is 12.1 Å². The van der Waals surface area contributed by atoms with Crippen molar-refractivity contribution in [3.63, 3.8) is 0 Å². The van der Waals surface area contributed by atoms with Gasteiger partial charge in [-0.15, -0.1) is 12.4 Å². The summed E-state index contributed by atoms with van der Waals surface area (Å²) in [6, 6.07) is 7.33. The fourth-order valence-electron chi connectivity index (χ4n) is 0.628. The van der Waals surface area contributed by atoms with Crippen LogP contribution in [0.25, 0.3) is 0 Å². The molecule has 10 heavy (non-hydrogen) atoms. The lowest BCUT2D eigenvalue weighted by molar-refractivity contribution is 1.35. The van der Waals surface area contributed by atoms with E-state index in [1.165, 1.54) is 0 Å². The molecule has 3 nitrogen and oxygen atoms in total. The number of nitrogens with one attached hydrogen (secondary N) is 1. The third-order valence-electron chi connectivity index (χ3n) is 1.12. The molecule has 0 fully saturated rings. The van der Waals surface area contributed by atoms with E-state index in [1.54, 1.807) is 6.07 Å². The summed E-state index contributed by atoms with van der Waals surface area (Å²) in [5, 5.41) is 0. The number of halogens is 1. The Kier molecular flexibility index (Phi) is 3.61. The number of para-hydroxylation sites is 2. The lowest BCUT2D eigenvalue weighted by atomic mass is 10.3. The predicted octanol–water partition coefficient (Wildman–Crippen LogP) is 0.976. The maximum absolute atomic E-state index is 5.49. The van der Waals surface area contributed by atoms with Gasteiger partial charge in [-0.3, -0.25) is 5.84 Å². The molecule has 0 atom stereocenters. The highest BCUT2D eigenvalue weighted by Gasteiger charge is 1.89. The molecule has 0 heterocycles. The molecule has 1 aromatic carbocycles. The van der Waals surface area contributed by atoms with Crippen LogP contribution in [-0.2, 0) is 0 Å².